The molecule has 154 valence electrons. The van der Waals surface area contributed by atoms with Gasteiger partial charge in [0.1, 0.15) is 6.54 Å². The number of rotatable bonds is 5. The molecule has 3 aromatic rings. The second kappa shape index (κ2) is 9.11. The smallest absolute Gasteiger partial charge is 0.267 e. The van der Waals surface area contributed by atoms with E-state index in [1.54, 1.807) is 18.2 Å². The minimum atomic E-state index is -0.342. The Morgan fingerprint density at radius 2 is 1.70 bits per heavy atom. The summed E-state index contributed by atoms with van der Waals surface area (Å²) in [6.45, 7) is 2.96. The number of carbonyl (C=O) groups excluding carboxylic acids is 1. The second-order valence-corrected chi connectivity index (χ2v) is 7.35. The van der Waals surface area contributed by atoms with Gasteiger partial charge in [0.15, 0.2) is 0 Å². The van der Waals surface area contributed by atoms with Crippen molar-refractivity contribution in [2.45, 2.75) is 6.54 Å². The van der Waals surface area contributed by atoms with Crippen LogP contribution < -0.4 is 15.8 Å². The van der Waals surface area contributed by atoms with Crippen molar-refractivity contribution in [2.75, 3.05) is 36.5 Å². The Morgan fingerprint density at radius 3 is 2.40 bits per heavy atom. The van der Waals surface area contributed by atoms with Crippen LogP contribution in [0, 0.1) is 0 Å². The van der Waals surface area contributed by atoms with Gasteiger partial charge in [-0.3, -0.25) is 9.59 Å². The van der Waals surface area contributed by atoms with Crippen molar-refractivity contribution in [3.05, 3.63) is 76.0 Å². The largest absolute Gasteiger partial charge is 0.378 e. The Balaban J connectivity index is 1.43. The van der Waals surface area contributed by atoms with Crippen molar-refractivity contribution in [3.63, 3.8) is 0 Å². The highest BCUT2D eigenvalue weighted by Crippen LogP contribution is 2.20. The zero-order valence-corrected chi connectivity index (χ0v) is 17.0. The van der Waals surface area contributed by atoms with Gasteiger partial charge in [0, 0.05) is 41.1 Å². The number of benzene rings is 2. The van der Waals surface area contributed by atoms with Gasteiger partial charge in [-0.1, -0.05) is 23.7 Å². The summed E-state index contributed by atoms with van der Waals surface area (Å²) >= 11 is 5.92. The highest BCUT2D eigenvalue weighted by molar-refractivity contribution is 6.30. The molecule has 0 atom stereocenters. The van der Waals surface area contributed by atoms with Crippen LogP contribution in [0.15, 0.2) is 65.5 Å². The van der Waals surface area contributed by atoms with E-state index in [2.05, 4.69) is 15.3 Å². The van der Waals surface area contributed by atoms with E-state index in [0.29, 0.717) is 16.4 Å². The lowest BCUT2D eigenvalue weighted by molar-refractivity contribution is -0.117. The fourth-order valence-electron chi connectivity index (χ4n) is 3.25. The minimum absolute atomic E-state index is 0.175. The number of nitrogens with zero attached hydrogens (tertiary/aromatic N) is 3. The molecule has 1 aliphatic heterocycles. The molecule has 0 aliphatic carbocycles. The third kappa shape index (κ3) is 4.87. The molecular weight excluding hydrogens is 404 g/mol. The number of halogens is 1. The third-order valence-corrected chi connectivity index (χ3v) is 5.08. The number of hydrogen-bond acceptors (Lipinski definition) is 5. The molecule has 1 fully saturated rings. The predicted molar refractivity (Wildman–Crippen MR) is 117 cm³/mol. The van der Waals surface area contributed by atoms with Crippen molar-refractivity contribution in [1.82, 2.24) is 9.78 Å². The van der Waals surface area contributed by atoms with Gasteiger partial charge >= 0.3 is 0 Å². The van der Waals surface area contributed by atoms with Crippen molar-refractivity contribution < 1.29 is 9.53 Å². The van der Waals surface area contributed by atoms with E-state index in [0.717, 1.165) is 42.2 Å². The summed E-state index contributed by atoms with van der Waals surface area (Å²) in [5.74, 6) is -0.322. The number of anilines is 2. The zero-order valence-electron chi connectivity index (χ0n) is 16.3. The van der Waals surface area contributed by atoms with Crippen LogP contribution in [-0.4, -0.2) is 42.0 Å². The number of hydrogen-bond donors (Lipinski definition) is 1. The maximum atomic E-state index is 12.5. The molecule has 1 N–H and O–H groups in total. The Morgan fingerprint density at radius 1 is 1.00 bits per heavy atom. The maximum absolute atomic E-state index is 12.5. The molecule has 7 nitrogen and oxygen atoms in total. The molecule has 2 aromatic carbocycles. The summed E-state index contributed by atoms with van der Waals surface area (Å²) in [6.07, 6.45) is 0. The molecule has 30 heavy (non-hydrogen) atoms. The third-order valence-electron chi connectivity index (χ3n) is 4.83. The number of morpholine rings is 1. The SMILES string of the molecule is O=C(Cn1nc(-c2ccc(Cl)cc2)ccc1=O)Nc1ccc(N2CCOCC2)cc1. The molecule has 1 amide bonds. The number of nitrogens with one attached hydrogen (secondary N) is 1. The fourth-order valence-corrected chi connectivity index (χ4v) is 3.38. The monoisotopic (exact) mass is 424 g/mol. The van der Waals surface area contributed by atoms with Crippen molar-refractivity contribution in [2.24, 2.45) is 0 Å². The lowest BCUT2D eigenvalue weighted by Gasteiger charge is -2.28. The van der Waals surface area contributed by atoms with Gasteiger partial charge < -0.3 is 15.0 Å². The van der Waals surface area contributed by atoms with Crippen LogP contribution >= 0.6 is 11.6 Å². The maximum Gasteiger partial charge on any atom is 0.267 e. The second-order valence-electron chi connectivity index (χ2n) is 6.92. The highest BCUT2D eigenvalue weighted by atomic mass is 35.5. The van der Waals surface area contributed by atoms with Gasteiger partial charge in [0.05, 0.1) is 18.9 Å². The van der Waals surface area contributed by atoms with Crippen molar-refractivity contribution in [3.8, 4) is 11.3 Å². The fraction of sp³-hybridized carbons (Fsp3) is 0.227. The topological polar surface area (TPSA) is 76.5 Å². The normalized spacial score (nSPS) is 13.8. The summed E-state index contributed by atoms with van der Waals surface area (Å²) in [5.41, 5.74) is 2.82. The molecular formula is C22H21ClN4O3. The van der Waals surface area contributed by atoms with E-state index in [1.165, 1.54) is 6.07 Å². The zero-order chi connectivity index (χ0) is 20.9. The van der Waals surface area contributed by atoms with Crippen LogP contribution in [0.5, 0.6) is 0 Å². The molecule has 0 bridgehead atoms. The Labute approximate surface area is 178 Å². The van der Waals surface area contributed by atoms with E-state index in [-0.39, 0.29) is 18.0 Å². The van der Waals surface area contributed by atoms with Gasteiger partial charge in [-0.05, 0) is 42.5 Å². The van der Waals surface area contributed by atoms with Gasteiger partial charge in [0.2, 0.25) is 5.91 Å². The molecule has 8 heteroatoms. The number of amides is 1. The molecule has 1 aliphatic rings. The lowest BCUT2D eigenvalue weighted by atomic mass is 10.1. The van der Waals surface area contributed by atoms with Gasteiger partial charge in [0.25, 0.3) is 5.56 Å². The Hall–Kier alpha value is -3.16. The number of aromatic nitrogens is 2. The first-order chi connectivity index (χ1) is 14.6. The van der Waals surface area contributed by atoms with Crippen LogP contribution in [0.4, 0.5) is 11.4 Å². The van der Waals surface area contributed by atoms with Crippen LogP contribution in [0.25, 0.3) is 11.3 Å². The standard InChI is InChI=1S/C22H21ClN4O3/c23-17-3-1-16(2-4-17)20-9-10-22(29)27(25-20)15-21(28)24-18-5-7-19(8-6-18)26-11-13-30-14-12-26/h1-10H,11-15H2,(H,24,28). The van der Waals surface area contributed by atoms with Crippen LogP contribution in [0.2, 0.25) is 5.02 Å². The summed E-state index contributed by atoms with van der Waals surface area (Å²) in [4.78, 5) is 26.8. The average molecular weight is 425 g/mol. The van der Waals surface area contributed by atoms with E-state index in [4.69, 9.17) is 16.3 Å². The number of carbonyl (C=O) groups is 1. The first-order valence-corrected chi connectivity index (χ1v) is 10.0. The van der Waals surface area contributed by atoms with E-state index in [1.807, 2.05) is 36.4 Å². The Kier molecular flexibility index (Phi) is 6.11. The van der Waals surface area contributed by atoms with Crippen LogP contribution in [0.1, 0.15) is 0 Å². The van der Waals surface area contributed by atoms with Gasteiger partial charge in [-0.15, -0.1) is 0 Å². The van der Waals surface area contributed by atoms with E-state index in [9.17, 15) is 9.59 Å². The van der Waals surface area contributed by atoms with E-state index >= 15 is 0 Å². The van der Waals surface area contributed by atoms with E-state index < -0.39 is 0 Å². The predicted octanol–water partition coefficient (Wildman–Crippen LogP) is 3.04. The molecule has 0 spiro atoms. The summed E-state index contributed by atoms with van der Waals surface area (Å²) in [7, 11) is 0. The molecule has 0 radical (unpaired) electrons. The highest BCUT2D eigenvalue weighted by Gasteiger charge is 2.12. The quantitative estimate of drug-likeness (QED) is 0.681. The van der Waals surface area contributed by atoms with Crippen molar-refractivity contribution >= 4 is 28.9 Å². The first-order valence-electron chi connectivity index (χ1n) is 9.65. The number of ether oxygens (including phenoxy) is 1. The molecule has 1 saturated heterocycles. The average Bonchev–Trinajstić information content (AvgIpc) is 2.77. The molecule has 0 unspecified atom stereocenters. The van der Waals surface area contributed by atoms with Gasteiger partial charge in [-0.2, -0.15) is 5.10 Å². The molecule has 4 rings (SSSR count). The Bertz CT molecular complexity index is 1070. The minimum Gasteiger partial charge on any atom is -0.378 e. The summed E-state index contributed by atoms with van der Waals surface area (Å²) < 4.78 is 6.52. The van der Waals surface area contributed by atoms with Gasteiger partial charge in [-0.25, -0.2) is 4.68 Å². The van der Waals surface area contributed by atoms with Crippen molar-refractivity contribution in [1.29, 1.82) is 0 Å². The summed E-state index contributed by atoms with van der Waals surface area (Å²) in [6, 6.07) is 17.8. The molecule has 2 heterocycles. The first kappa shape index (κ1) is 20.1. The molecule has 1 aromatic heterocycles. The van der Waals surface area contributed by atoms with Crippen LogP contribution in [0.3, 0.4) is 0 Å². The molecule has 0 saturated carbocycles. The van der Waals surface area contributed by atoms with Crippen LogP contribution in [-0.2, 0) is 16.1 Å². The summed E-state index contributed by atoms with van der Waals surface area (Å²) in [5, 5.41) is 7.74. The lowest BCUT2D eigenvalue weighted by Crippen LogP contribution is -2.36.